The van der Waals surface area contributed by atoms with E-state index in [1.54, 1.807) is 11.8 Å². The number of carbonyl (C=O) groups excluding carboxylic acids is 2. The molecule has 1 saturated heterocycles. The molecule has 36 heavy (non-hydrogen) atoms. The first-order valence-electron chi connectivity index (χ1n) is 12.4. The molecule has 1 aliphatic rings. The van der Waals surface area contributed by atoms with Crippen molar-refractivity contribution in [3.63, 3.8) is 0 Å². The molecule has 0 aliphatic carbocycles. The molecule has 2 aromatic heterocycles. The third kappa shape index (κ3) is 5.97. The molecular weight excluding hydrogens is 468 g/mol. The Kier molecular flexibility index (Phi) is 7.67. The van der Waals surface area contributed by atoms with E-state index in [0.717, 1.165) is 34.8 Å². The highest BCUT2D eigenvalue weighted by Gasteiger charge is 2.24. The molecule has 0 N–H and O–H groups in total. The van der Waals surface area contributed by atoms with Gasteiger partial charge in [0.1, 0.15) is 5.65 Å². The maximum absolute atomic E-state index is 13.0. The van der Waals surface area contributed by atoms with E-state index in [-0.39, 0.29) is 11.8 Å². The van der Waals surface area contributed by atoms with E-state index in [0.29, 0.717) is 38.2 Å². The van der Waals surface area contributed by atoms with Gasteiger partial charge < -0.3 is 14.2 Å². The number of aromatic nitrogens is 2. The van der Waals surface area contributed by atoms with Crippen molar-refractivity contribution >= 4 is 29.2 Å². The predicted octanol–water partition coefficient (Wildman–Crippen LogP) is 4.93. The van der Waals surface area contributed by atoms with Crippen molar-refractivity contribution in [1.82, 2.24) is 19.2 Å². The zero-order chi connectivity index (χ0) is 24.7. The number of piperazine rings is 1. The number of benzene rings is 2. The van der Waals surface area contributed by atoms with Crippen LogP contribution < -0.4 is 0 Å². The molecule has 3 heterocycles. The summed E-state index contributed by atoms with van der Waals surface area (Å²) in [4.78, 5) is 35.1. The Hall–Kier alpha value is -3.58. The van der Waals surface area contributed by atoms with E-state index in [9.17, 15) is 9.59 Å². The van der Waals surface area contributed by atoms with Gasteiger partial charge in [0.2, 0.25) is 5.91 Å². The van der Waals surface area contributed by atoms with Crippen molar-refractivity contribution in [2.24, 2.45) is 0 Å². The zero-order valence-electron chi connectivity index (χ0n) is 20.3. The van der Waals surface area contributed by atoms with Gasteiger partial charge in [-0.1, -0.05) is 36.4 Å². The lowest BCUT2D eigenvalue weighted by Crippen LogP contribution is -2.50. The third-order valence-electron chi connectivity index (χ3n) is 6.52. The number of carbonyl (C=O) groups is 2. The van der Waals surface area contributed by atoms with E-state index in [4.69, 9.17) is 0 Å². The second kappa shape index (κ2) is 11.4. The van der Waals surface area contributed by atoms with Gasteiger partial charge in [0.05, 0.1) is 5.69 Å². The van der Waals surface area contributed by atoms with Crippen LogP contribution >= 0.6 is 11.8 Å². The van der Waals surface area contributed by atoms with Crippen LogP contribution in [0.15, 0.2) is 90.1 Å². The molecule has 0 bridgehead atoms. The van der Waals surface area contributed by atoms with Crippen LogP contribution in [0.4, 0.5) is 0 Å². The number of fused-ring (bicyclic) bond motifs is 1. The fraction of sp³-hybridized carbons (Fsp3) is 0.276. The minimum Gasteiger partial charge on any atom is -0.339 e. The number of pyridine rings is 1. The van der Waals surface area contributed by atoms with Crippen LogP contribution in [0.3, 0.4) is 0 Å². The van der Waals surface area contributed by atoms with Gasteiger partial charge in [0, 0.05) is 61.2 Å². The van der Waals surface area contributed by atoms with Crippen molar-refractivity contribution < 1.29 is 9.59 Å². The fourth-order valence-corrected chi connectivity index (χ4v) is 5.28. The number of rotatable bonds is 8. The van der Waals surface area contributed by atoms with Crippen molar-refractivity contribution in [2.45, 2.75) is 29.9 Å². The average molecular weight is 499 g/mol. The van der Waals surface area contributed by atoms with Crippen LogP contribution in [-0.4, -0.2) is 57.2 Å². The molecule has 1 aliphatic heterocycles. The number of imidazole rings is 1. The number of hydrogen-bond donors (Lipinski definition) is 0. The van der Waals surface area contributed by atoms with Gasteiger partial charge in [-0.2, -0.15) is 0 Å². The average Bonchev–Trinajstić information content (AvgIpc) is 3.36. The maximum atomic E-state index is 13.0. The van der Waals surface area contributed by atoms with E-state index >= 15 is 0 Å². The van der Waals surface area contributed by atoms with Crippen LogP contribution in [0.2, 0.25) is 0 Å². The molecule has 1 fully saturated rings. The summed E-state index contributed by atoms with van der Waals surface area (Å²) in [6.07, 6.45) is 6.37. The molecule has 6 nitrogen and oxygen atoms in total. The highest BCUT2D eigenvalue weighted by molar-refractivity contribution is 7.98. The molecule has 0 saturated carbocycles. The van der Waals surface area contributed by atoms with Gasteiger partial charge in [-0.05, 0) is 54.8 Å². The number of nitrogens with zero attached hydrogens (tertiary/aromatic N) is 4. The highest BCUT2D eigenvalue weighted by atomic mass is 32.2. The molecular formula is C29H30N4O2S. The molecule has 0 unspecified atom stereocenters. The summed E-state index contributed by atoms with van der Waals surface area (Å²) >= 11 is 1.71. The van der Waals surface area contributed by atoms with E-state index in [1.165, 1.54) is 5.56 Å². The van der Waals surface area contributed by atoms with Gasteiger partial charge in [-0.25, -0.2) is 4.98 Å². The first-order chi connectivity index (χ1) is 17.7. The molecule has 2 amide bonds. The Balaban J connectivity index is 1.07. The first kappa shape index (κ1) is 24.1. The molecule has 5 rings (SSSR count). The summed E-state index contributed by atoms with van der Waals surface area (Å²) in [5.74, 6) is 0.990. The van der Waals surface area contributed by atoms with Crippen LogP contribution in [0.1, 0.15) is 34.5 Å². The number of aryl methyl sites for hydroxylation is 1. The minimum absolute atomic E-state index is 0.0306. The summed E-state index contributed by atoms with van der Waals surface area (Å²) in [7, 11) is 0. The van der Waals surface area contributed by atoms with Gasteiger partial charge in [-0.15, -0.1) is 11.8 Å². The SMILES string of the molecule is O=C(CCCc1ccccc1)N1CCN(C(=O)c2ccc(SCc3cn4ccccc4n3)cc2)CC1. The lowest BCUT2D eigenvalue weighted by Gasteiger charge is -2.35. The second-order valence-electron chi connectivity index (χ2n) is 9.02. The quantitative estimate of drug-likeness (QED) is 0.323. The monoisotopic (exact) mass is 498 g/mol. The number of thioether (sulfide) groups is 1. The zero-order valence-corrected chi connectivity index (χ0v) is 21.1. The molecule has 184 valence electrons. The van der Waals surface area contributed by atoms with Crippen LogP contribution in [0.5, 0.6) is 0 Å². The summed E-state index contributed by atoms with van der Waals surface area (Å²) < 4.78 is 2.02. The molecule has 7 heteroatoms. The largest absolute Gasteiger partial charge is 0.339 e. The fourth-order valence-electron chi connectivity index (χ4n) is 4.50. The number of hydrogen-bond acceptors (Lipinski definition) is 4. The summed E-state index contributed by atoms with van der Waals surface area (Å²) in [6, 6.07) is 24.0. The molecule has 2 aromatic carbocycles. The van der Waals surface area contributed by atoms with E-state index in [1.807, 2.05) is 87.3 Å². The van der Waals surface area contributed by atoms with Crippen LogP contribution in [-0.2, 0) is 17.0 Å². The van der Waals surface area contributed by atoms with Crippen LogP contribution in [0, 0.1) is 0 Å². The molecule has 0 radical (unpaired) electrons. The van der Waals surface area contributed by atoms with Crippen molar-refractivity contribution in [1.29, 1.82) is 0 Å². The normalized spacial score (nSPS) is 13.8. The third-order valence-corrected chi connectivity index (χ3v) is 7.57. The van der Waals surface area contributed by atoms with Crippen LogP contribution in [0.25, 0.3) is 5.65 Å². The van der Waals surface area contributed by atoms with Gasteiger partial charge >= 0.3 is 0 Å². The maximum Gasteiger partial charge on any atom is 0.253 e. The summed E-state index contributed by atoms with van der Waals surface area (Å²) in [5, 5.41) is 0. The predicted molar refractivity (Wildman–Crippen MR) is 143 cm³/mol. The minimum atomic E-state index is 0.0306. The Bertz CT molecular complexity index is 1280. The smallest absolute Gasteiger partial charge is 0.253 e. The Morgan fingerprint density at radius 1 is 0.833 bits per heavy atom. The Labute approximate surface area is 215 Å². The Morgan fingerprint density at radius 2 is 1.56 bits per heavy atom. The van der Waals surface area contributed by atoms with Crippen molar-refractivity contribution in [2.75, 3.05) is 26.2 Å². The molecule has 0 atom stereocenters. The number of amides is 2. The molecule has 0 spiro atoms. The summed E-state index contributed by atoms with van der Waals surface area (Å²) in [6.45, 7) is 2.35. The lowest BCUT2D eigenvalue weighted by molar-refractivity contribution is -0.132. The van der Waals surface area contributed by atoms with E-state index < -0.39 is 0 Å². The lowest BCUT2D eigenvalue weighted by atomic mass is 10.1. The van der Waals surface area contributed by atoms with Crippen molar-refractivity contribution in [3.05, 3.63) is 102 Å². The second-order valence-corrected chi connectivity index (χ2v) is 10.1. The van der Waals surface area contributed by atoms with Gasteiger partial charge in [0.15, 0.2) is 0 Å². The van der Waals surface area contributed by atoms with E-state index in [2.05, 4.69) is 17.1 Å². The topological polar surface area (TPSA) is 57.9 Å². The first-order valence-corrected chi connectivity index (χ1v) is 13.4. The Morgan fingerprint density at radius 3 is 2.31 bits per heavy atom. The highest BCUT2D eigenvalue weighted by Crippen LogP contribution is 2.23. The summed E-state index contributed by atoms with van der Waals surface area (Å²) in [5.41, 5.74) is 3.93. The van der Waals surface area contributed by atoms with Crippen molar-refractivity contribution in [3.8, 4) is 0 Å². The standard InChI is InChI=1S/C29H30N4O2S/c34-28(11-6-9-23-7-2-1-3-8-23)31-17-19-32(20-18-31)29(35)24-12-14-26(15-13-24)36-22-25-21-33-16-5-4-10-27(33)30-25/h1-5,7-8,10,12-16,21H,6,9,11,17-20,22H2. The molecule has 4 aromatic rings. The van der Waals surface area contributed by atoms with Gasteiger partial charge in [-0.3, -0.25) is 9.59 Å². The van der Waals surface area contributed by atoms with Gasteiger partial charge in [0.25, 0.3) is 5.91 Å².